The molecule has 23 heavy (non-hydrogen) atoms. The fourth-order valence-corrected chi connectivity index (χ4v) is 3.00. The van der Waals surface area contributed by atoms with Gasteiger partial charge in [0.25, 0.3) is 5.56 Å². The lowest BCUT2D eigenvalue weighted by molar-refractivity contribution is 0.297. The second-order valence-corrected chi connectivity index (χ2v) is 6.08. The fraction of sp³-hybridized carbons (Fsp3) is 0.421. The third-order valence-electron chi connectivity index (χ3n) is 4.35. The van der Waals surface area contributed by atoms with Gasteiger partial charge in [-0.05, 0) is 43.5 Å². The van der Waals surface area contributed by atoms with E-state index in [4.69, 9.17) is 4.74 Å². The van der Waals surface area contributed by atoms with E-state index in [9.17, 15) is 4.79 Å². The van der Waals surface area contributed by atoms with Crippen molar-refractivity contribution in [3.05, 3.63) is 64.6 Å². The van der Waals surface area contributed by atoms with Crippen LogP contribution in [0.1, 0.15) is 31.2 Å². The summed E-state index contributed by atoms with van der Waals surface area (Å²) >= 11 is 0. The van der Waals surface area contributed by atoms with E-state index in [1.807, 2.05) is 42.6 Å². The molecule has 1 aromatic heterocycles. The highest BCUT2D eigenvalue weighted by atomic mass is 16.5. The minimum atomic E-state index is -0.0424. The molecule has 1 atom stereocenters. The first kappa shape index (κ1) is 15.8. The van der Waals surface area contributed by atoms with E-state index in [1.165, 1.54) is 19.3 Å². The SMILES string of the molecule is O=c1c(OCc2ccccc2)cccn1CCC1CCCCN1. The molecule has 0 radical (unpaired) electrons. The topological polar surface area (TPSA) is 43.3 Å². The van der Waals surface area contributed by atoms with Crippen molar-refractivity contribution in [3.63, 3.8) is 0 Å². The molecule has 1 saturated heterocycles. The Morgan fingerprint density at radius 1 is 1.13 bits per heavy atom. The van der Waals surface area contributed by atoms with Crippen LogP contribution in [0.15, 0.2) is 53.5 Å². The van der Waals surface area contributed by atoms with Crippen molar-refractivity contribution in [3.8, 4) is 5.75 Å². The number of hydrogen-bond donors (Lipinski definition) is 1. The molecule has 1 fully saturated rings. The lowest BCUT2D eigenvalue weighted by Gasteiger charge is -2.23. The Hall–Kier alpha value is -2.07. The van der Waals surface area contributed by atoms with E-state index in [2.05, 4.69) is 5.32 Å². The summed E-state index contributed by atoms with van der Waals surface area (Å²) in [5.41, 5.74) is 1.02. The van der Waals surface area contributed by atoms with Crippen LogP contribution < -0.4 is 15.6 Å². The molecule has 1 N–H and O–H groups in total. The summed E-state index contributed by atoms with van der Waals surface area (Å²) in [6, 6.07) is 14.1. The third kappa shape index (κ3) is 4.45. The first-order valence-electron chi connectivity index (χ1n) is 8.42. The van der Waals surface area contributed by atoms with Gasteiger partial charge in [0.2, 0.25) is 0 Å². The van der Waals surface area contributed by atoms with Gasteiger partial charge in [-0.1, -0.05) is 36.8 Å². The maximum Gasteiger partial charge on any atom is 0.292 e. The van der Waals surface area contributed by atoms with Gasteiger partial charge >= 0.3 is 0 Å². The van der Waals surface area contributed by atoms with E-state index in [0.717, 1.165) is 25.1 Å². The van der Waals surface area contributed by atoms with Crippen molar-refractivity contribution in [2.75, 3.05) is 6.54 Å². The third-order valence-corrected chi connectivity index (χ3v) is 4.35. The Balaban J connectivity index is 1.60. The summed E-state index contributed by atoms with van der Waals surface area (Å²) < 4.78 is 7.47. The molecule has 0 saturated carbocycles. The van der Waals surface area contributed by atoms with Crippen LogP contribution in [-0.4, -0.2) is 17.2 Å². The highest BCUT2D eigenvalue weighted by molar-refractivity contribution is 5.19. The summed E-state index contributed by atoms with van der Waals surface area (Å²) in [4.78, 5) is 12.5. The number of nitrogens with one attached hydrogen (secondary N) is 1. The van der Waals surface area contributed by atoms with Gasteiger partial charge in [-0.15, -0.1) is 0 Å². The van der Waals surface area contributed by atoms with Crippen LogP contribution in [0.3, 0.4) is 0 Å². The minimum absolute atomic E-state index is 0.0424. The number of nitrogens with zero attached hydrogens (tertiary/aromatic N) is 1. The van der Waals surface area contributed by atoms with E-state index < -0.39 is 0 Å². The largest absolute Gasteiger partial charge is 0.483 e. The minimum Gasteiger partial charge on any atom is -0.483 e. The van der Waals surface area contributed by atoms with Crippen molar-refractivity contribution < 1.29 is 4.74 Å². The molecule has 1 aromatic carbocycles. The van der Waals surface area contributed by atoms with Crippen LogP contribution in [-0.2, 0) is 13.2 Å². The molecule has 3 rings (SSSR count). The number of hydrogen-bond acceptors (Lipinski definition) is 3. The van der Waals surface area contributed by atoms with Crippen LogP contribution in [0.25, 0.3) is 0 Å². The average molecular weight is 312 g/mol. The predicted octanol–water partition coefficient (Wildman–Crippen LogP) is 2.96. The number of benzene rings is 1. The molecule has 0 aliphatic carbocycles. The summed E-state index contributed by atoms with van der Waals surface area (Å²) in [5, 5.41) is 3.52. The van der Waals surface area contributed by atoms with Gasteiger partial charge in [0.1, 0.15) is 6.61 Å². The number of aromatic nitrogens is 1. The average Bonchev–Trinajstić information content (AvgIpc) is 2.61. The molecule has 0 bridgehead atoms. The zero-order valence-corrected chi connectivity index (χ0v) is 13.4. The van der Waals surface area contributed by atoms with Gasteiger partial charge in [-0.3, -0.25) is 4.79 Å². The predicted molar refractivity (Wildman–Crippen MR) is 91.7 cm³/mol. The highest BCUT2D eigenvalue weighted by Crippen LogP contribution is 2.12. The summed E-state index contributed by atoms with van der Waals surface area (Å²) in [6.07, 6.45) is 6.59. The molecule has 0 spiro atoms. The zero-order chi connectivity index (χ0) is 15.9. The van der Waals surface area contributed by atoms with Crippen molar-refractivity contribution in [1.29, 1.82) is 0 Å². The summed E-state index contributed by atoms with van der Waals surface area (Å²) in [7, 11) is 0. The Morgan fingerprint density at radius 2 is 2.00 bits per heavy atom. The lowest BCUT2D eigenvalue weighted by atomic mass is 10.0. The Kier molecular flexibility index (Phi) is 5.48. The van der Waals surface area contributed by atoms with Crippen LogP contribution in [0, 0.1) is 0 Å². The van der Waals surface area contributed by atoms with Crippen molar-refractivity contribution >= 4 is 0 Å². The van der Waals surface area contributed by atoms with Gasteiger partial charge in [-0.25, -0.2) is 0 Å². The monoisotopic (exact) mass is 312 g/mol. The molecule has 2 heterocycles. The van der Waals surface area contributed by atoms with Crippen LogP contribution in [0.2, 0.25) is 0 Å². The van der Waals surface area contributed by atoms with Gasteiger partial charge in [-0.2, -0.15) is 0 Å². The zero-order valence-electron chi connectivity index (χ0n) is 13.4. The van der Waals surface area contributed by atoms with Gasteiger partial charge in [0.15, 0.2) is 5.75 Å². The fourth-order valence-electron chi connectivity index (χ4n) is 3.00. The number of rotatable bonds is 6. The number of pyridine rings is 1. The standard InChI is InChI=1S/C19H24N2O2/c22-19-18(23-15-16-7-2-1-3-8-16)10-6-13-21(19)14-11-17-9-4-5-12-20-17/h1-3,6-8,10,13,17,20H,4-5,9,11-12,14-15H2. The second kappa shape index (κ2) is 7.97. The first-order valence-corrected chi connectivity index (χ1v) is 8.42. The molecule has 122 valence electrons. The van der Waals surface area contributed by atoms with Gasteiger partial charge < -0.3 is 14.6 Å². The second-order valence-electron chi connectivity index (χ2n) is 6.08. The summed E-state index contributed by atoms with van der Waals surface area (Å²) in [6.45, 7) is 2.25. The van der Waals surface area contributed by atoms with Crippen LogP contribution in [0.4, 0.5) is 0 Å². The van der Waals surface area contributed by atoms with Crippen molar-refractivity contribution in [1.82, 2.24) is 9.88 Å². The number of piperidine rings is 1. The Morgan fingerprint density at radius 3 is 2.78 bits per heavy atom. The molecule has 1 aliphatic rings. The van der Waals surface area contributed by atoms with Crippen LogP contribution >= 0.6 is 0 Å². The first-order chi connectivity index (χ1) is 11.3. The lowest BCUT2D eigenvalue weighted by Crippen LogP contribution is -2.35. The summed E-state index contributed by atoms with van der Waals surface area (Å²) in [5.74, 6) is 0.424. The van der Waals surface area contributed by atoms with Gasteiger partial charge in [0, 0.05) is 18.8 Å². The highest BCUT2D eigenvalue weighted by Gasteiger charge is 2.13. The van der Waals surface area contributed by atoms with Crippen molar-refractivity contribution in [2.45, 2.75) is 44.9 Å². The maximum atomic E-state index is 12.5. The van der Waals surface area contributed by atoms with E-state index in [0.29, 0.717) is 18.4 Å². The molecular formula is C19H24N2O2. The van der Waals surface area contributed by atoms with E-state index in [1.54, 1.807) is 10.6 Å². The quantitative estimate of drug-likeness (QED) is 0.892. The Labute approximate surface area is 137 Å². The van der Waals surface area contributed by atoms with Crippen molar-refractivity contribution in [2.24, 2.45) is 0 Å². The van der Waals surface area contributed by atoms with E-state index >= 15 is 0 Å². The smallest absolute Gasteiger partial charge is 0.292 e. The molecule has 2 aromatic rings. The molecule has 1 aliphatic heterocycles. The molecule has 4 nitrogen and oxygen atoms in total. The molecule has 1 unspecified atom stereocenters. The molecular weight excluding hydrogens is 288 g/mol. The van der Waals surface area contributed by atoms with Crippen LogP contribution in [0.5, 0.6) is 5.75 Å². The molecule has 4 heteroatoms. The maximum absolute atomic E-state index is 12.5. The number of ether oxygens (including phenoxy) is 1. The Bertz CT molecular complexity index is 661. The normalized spacial score (nSPS) is 17.8. The van der Waals surface area contributed by atoms with E-state index in [-0.39, 0.29) is 5.56 Å². The number of aryl methyl sites for hydroxylation is 1. The van der Waals surface area contributed by atoms with Gasteiger partial charge in [0.05, 0.1) is 0 Å². The molecule has 0 amide bonds.